The van der Waals surface area contributed by atoms with Crippen LogP contribution in [0, 0.1) is 0 Å². The van der Waals surface area contributed by atoms with E-state index in [1.807, 2.05) is 0 Å². The number of benzene rings is 1. The van der Waals surface area contributed by atoms with E-state index in [4.69, 9.17) is 0 Å². The molecule has 7 heteroatoms. The summed E-state index contributed by atoms with van der Waals surface area (Å²) in [5.41, 5.74) is 0.361. The van der Waals surface area contributed by atoms with Gasteiger partial charge in [0, 0.05) is 25.6 Å². The third-order valence-electron chi connectivity index (χ3n) is 3.04. The van der Waals surface area contributed by atoms with Crippen LogP contribution in [0.1, 0.15) is 30.1 Å². The third kappa shape index (κ3) is 4.37. The Balaban J connectivity index is 2.97. The molecule has 0 fully saturated rings. The summed E-state index contributed by atoms with van der Waals surface area (Å²) in [7, 11) is -1.11. The molecule has 0 aliphatic carbocycles. The Morgan fingerprint density at radius 3 is 2.52 bits per heavy atom. The number of hydrogen-bond donors (Lipinski definition) is 0. The molecule has 21 heavy (non-hydrogen) atoms. The van der Waals surface area contributed by atoms with E-state index < -0.39 is 16.0 Å². The number of Topliss-reactive ketones (excluding diaryl/α,β-unsaturated/α-hetero) is 1. The highest BCUT2D eigenvalue weighted by molar-refractivity contribution is 7.89. The molecule has 0 N–H and O–H groups in total. The molecule has 1 aromatic carbocycles. The molecular weight excluding hydrogens is 294 g/mol. The molecule has 1 aromatic rings. The molecule has 0 bridgehead atoms. The second kappa shape index (κ2) is 7.33. The average molecular weight is 313 g/mol. The van der Waals surface area contributed by atoms with Crippen LogP contribution in [-0.2, 0) is 19.6 Å². The summed E-state index contributed by atoms with van der Waals surface area (Å²) in [4.78, 5) is 22.8. The molecule has 0 unspecified atom stereocenters. The number of hydrogen-bond acceptors (Lipinski definition) is 5. The first-order chi connectivity index (χ1) is 9.82. The topological polar surface area (TPSA) is 80.8 Å². The standard InChI is InChI=1S/C14H19NO5S/c1-4-13(16)11-6-5-7-12(10-11)21(18,19)15(2)9-8-14(17)20-3/h5-7,10H,4,8-9H2,1-3H3. The van der Waals surface area contributed by atoms with Crippen LogP contribution in [-0.4, -0.2) is 45.2 Å². The van der Waals surface area contributed by atoms with E-state index in [0.717, 1.165) is 4.31 Å². The van der Waals surface area contributed by atoms with Gasteiger partial charge in [0.1, 0.15) is 0 Å². The summed E-state index contributed by atoms with van der Waals surface area (Å²) in [5.74, 6) is -0.601. The average Bonchev–Trinajstić information content (AvgIpc) is 2.51. The van der Waals surface area contributed by atoms with E-state index in [1.165, 1.54) is 32.4 Å². The lowest BCUT2D eigenvalue weighted by Crippen LogP contribution is -2.29. The summed E-state index contributed by atoms with van der Waals surface area (Å²) >= 11 is 0. The normalized spacial score (nSPS) is 11.4. The molecule has 1 rings (SSSR count). The molecule has 0 amide bonds. The smallest absolute Gasteiger partial charge is 0.306 e. The fourth-order valence-corrected chi connectivity index (χ4v) is 2.90. The van der Waals surface area contributed by atoms with Crippen LogP contribution in [0.4, 0.5) is 0 Å². The first kappa shape index (κ1) is 17.3. The summed E-state index contributed by atoms with van der Waals surface area (Å²) in [5, 5.41) is 0. The van der Waals surface area contributed by atoms with Crippen molar-refractivity contribution < 1.29 is 22.7 Å². The zero-order chi connectivity index (χ0) is 16.0. The molecule has 0 atom stereocenters. The Morgan fingerprint density at radius 1 is 1.29 bits per heavy atom. The van der Waals surface area contributed by atoms with Crippen molar-refractivity contribution >= 4 is 21.8 Å². The van der Waals surface area contributed by atoms with Gasteiger partial charge in [0.15, 0.2) is 5.78 Å². The fraction of sp³-hybridized carbons (Fsp3) is 0.429. The van der Waals surface area contributed by atoms with Gasteiger partial charge >= 0.3 is 5.97 Å². The highest BCUT2D eigenvalue weighted by Gasteiger charge is 2.22. The zero-order valence-corrected chi connectivity index (χ0v) is 13.1. The van der Waals surface area contributed by atoms with Crippen LogP contribution >= 0.6 is 0 Å². The Bertz CT molecular complexity index is 624. The van der Waals surface area contributed by atoms with Crippen molar-refractivity contribution in [2.24, 2.45) is 0 Å². The van der Waals surface area contributed by atoms with Gasteiger partial charge < -0.3 is 4.74 Å². The first-order valence-electron chi connectivity index (χ1n) is 6.49. The maximum absolute atomic E-state index is 12.4. The SMILES string of the molecule is CCC(=O)c1cccc(S(=O)(=O)N(C)CCC(=O)OC)c1. The molecule has 0 heterocycles. The third-order valence-corrected chi connectivity index (χ3v) is 4.90. The van der Waals surface area contributed by atoms with Gasteiger partial charge in [-0.15, -0.1) is 0 Å². The van der Waals surface area contributed by atoms with Crippen molar-refractivity contribution in [3.05, 3.63) is 29.8 Å². The van der Waals surface area contributed by atoms with E-state index in [1.54, 1.807) is 13.0 Å². The quantitative estimate of drug-likeness (QED) is 0.562. The van der Waals surface area contributed by atoms with Crippen molar-refractivity contribution in [3.63, 3.8) is 0 Å². The van der Waals surface area contributed by atoms with E-state index >= 15 is 0 Å². The van der Waals surface area contributed by atoms with Gasteiger partial charge in [0.05, 0.1) is 18.4 Å². The lowest BCUT2D eigenvalue weighted by molar-refractivity contribution is -0.140. The van der Waals surface area contributed by atoms with Gasteiger partial charge in [0.25, 0.3) is 0 Å². The lowest BCUT2D eigenvalue weighted by Gasteiger charge is -2.17. The van der Waals surface area contributed by atoms with Crippen LogP contribution in [0.3, 0.4) is 0 Å². The molecular formula is C14H19NO5S. The van der Waals surface area contributed by atoms with Gasteiger partial charge in [-0.2, -0.15) is 0 Å². The first-order valence-corrected chi connectivity index (χ1v) is 7.93. The van der Waals surface area contributed by atoms with Crippen LogP contribution in [0.2, 0.25) is 0 Å². The molecule has 0 aliphatic rings. The predicted molar refractivity (Wildman–Crippen MR) is 77.5 cm³/mol. The van der Waals surface area contributed by atoms with Crippen LogP contribution in [0.5, 0.6) is 0 Å². The number of esters is 1. The van der Waals surface area contributed by atoms with E-state index in [-0.39, 0.29) is 23.6 Å². The van der Waals surface area contributed by atoms with Crippen LogP contribution < -0.4 is 0 Å². The second-order valence-corrected chi connectivity index (χ2v) is 6.50. The van der Waals surface area contributed by atoms with Crippen molar-refractivity contribution in [2.75, 3.05) is 20.7 Å². The predicted octanol–water partition coefficient (Wildman–Crippen LogP) is 1.46. The van der Waals surface area contributed by atoms with Gasteiger partial charge in [-0.3, -0.25) is 9.59 Å². The maximum Gasteiger partial charge on any atom is 0.306 e. The van der Waals surface area contributed by atoms with Gasteiger partial charge in [0.2, 0.25) is 10.0 Å². The molecule has 0 aliphatic heterocycles. The van der Waals surface area contributed by atoms with Crippen molar-refractivity contribution in [3.8, 4) is 0 Å². The number of ketones is 1. The molecule has 0 radical (unpaired) electrons. The van der Waals surface area contributed by atoms with Crippen LogP contribution in [0.25, 0.3) is 0 Å². The highest BCUT2D eigenvalue weighted by atomic mass is 32.2. The summed E-state index contributed by atoms with van der Waals surface area (Å²) < 4.78 is 30.3. The van der Waals surface area contributed by atoms with Crippen molar-refractivity contribution in [1.82, 2.24) is 4.31 Å². The molecule has 0 spiro atoms. The number of nitrogens with zero attached hydrogens (tertiary/aromatic N) is 1. The maximum atomic E-state index is 12.4. The molecule has 6 nitrogen and oxygen atoms in total. The van der Waals surface area contributed by atoms with E-state index in [9.17, 15) is 18.0 Å². The van der Waals surface area contributed by atoms with Gasteiger partial charge in [-0.05, 0) is 12.1 Å². The minimum absolute atomic E-state index is 0.0148. The minimum atomic E-state index is -3.73. The number of carbonyl (C=O) groups excluding carboxylic acids is 2. The minimum Gasteiger partial charge on any atom is -0.469 e. The number of ether oxygens (including phenoxy) is 1. The van der Waals surface area contributed by atoms with E-state index in [0.29, 0.717) is 12.0 Å². The number of sulfonamides is 1. The Hall–Kier alpha value is -1.73. The molecule has 0 saturated carbocycles. The molecule has 0 saturated heterocycles. The monoisotopic (exact) mass is 313 g/mol. The number of methoxy groups -OCH3 is 1. The van der Waals surface area contributed by atoms with Crippen LogP contribution in [0.15, 0.2) is 29.2 Å². The highest BCUT2D eigenvalue weighted by Crippen LogP contribution is 2.17. The number of carbonyl (C=O) groups is 2. The Kier molecular flexibility index (Phi) is 6.04. The molecule has 116 valence electrons. The number of rotatable bonds is 7. The Morgan fingerprint density at radius 2 is 1.95 bits per heavy atom. The fourth-order valence-electron chi connectivity index (χ4n) is 1.69. The van der Waals surface area contributed by atoms with Gasteiger partial charge in [-0.25, -0.2) is 12.7 Å². The zero-order valence-electron chi connectivity index (χ0n) is 12.3. The lowest BCUT2D eigenvalue weighted by atomic mass is 10.1. The Labute approximate surface area is 124 Å². The molecule has 0 aromatic heterocycles. The van der Waals surface area contributed by atoms with Crippen molar-refractivity contribution in [1.29, 1.82) is 0 Å². The van der Waals surface area contributed by atoms with E-state index in [2.05, 4.69) is 4.74 Å². The van der Waals surface area contributed by atoms with Gasteiger partial charge in [-0.1, -0.05) is 19.1 Å². The second-order valence-electron chi connectivity index (χ2n) is 4.46. The largest absolute Gasteiger partial charge is 0.469 e. The van der Waals surface area contributed by atoms with Crippen molar-refractivity contribution in [2.45, 2.75) is 24.7 Å². The summed E-state index contributed by atoms with van der Waals surface area (Å²) in [6, 6.07) is 5.90. The summed E-state index contributed by atoms with van der Waals surface area (Å²) in [6.45, 7) is 1.73. The summed E-state index contributed by atoms with van der Waals surface area (Å²) in [6.07, 6.45) is 0.279.